The number of rotatable bonds is 9. The Hall–Kier alpha value is -5.70. The zero-order valence-electron chi connectivity index (χ0n) is 24.5. The standard InChI is InChI=1S/C33H24ClN5O7S2/c34-31-12-9-26(18-30(31)32(40)41)38-47(43,44)28-10-5-20-3-7-24(14-22(20)16-28)36-33(42)37-25-8-4-21-6-11-29(17-23(21)15-25)48(45,46)39-27-2-1-13-35-19-27/h1-19,38-39H,(H,40,41)(H2,36,37,42). The lowest BCUT2D eigenvalue weighted by Crippen LogP contribution is -2.19. The first-order valence-corrected chi connectivity index (χ1v) is 17.3. The van der Waals surface area contributed by atoms with E-state index in [1.54, 1.807) is 60.7 Å². The van der Waals surface area contributed by atoms with Gasteiger partial charge in [0.15, 0.2) is 0 Å². The average molecular weight is 702 g/mol. The van der Waals surface area contributed by atoms with Crippen molar-refractivity contribution in [3.63, 3.8) is 0 Å². The Bertz CT molecular complexity index is 2460. The number of carboxylic acid groups (broad SMARTS) is 1. The van der Waals surface area contributed by atoms with Gasteiger partial charge in [-0.25, -0.2) is 26.4 Å². The van der Waals surface area contributed by atoms with Gasteiger partial charge in [-0.3, -0.25) is 14.4 Å². The maximum Gasteiger partial charge on any atom is 0.337 e. The Morgan fingerprint density at radius 2 is 1.12 bits per heavy atom. The molecule has 6 rings (SSSR count). The fourth-order valence-electron chi connectivity index (χ4n) is 4.84. The zero-order valence-corrected chi connectivity index (χ0v) is 26.9. The molecule has 0 saturated heterocycles. The van der Waals surface area contributed by atoms with Crippen molar-refractivity contribution in [3.8, 4) is 0 Å². The fourth-order valence-corrected chi connectivity index (χ4v) is 7.20. The molecule has 48 heavy (non-hydrogen) atoms. The van der Waals surface area contributed by atoms with E-state index in [9.17, 15) is 31.5 Å². The van der Waals surface area contributed by atoms with E-state index in [0.717, 1.165) is 11.5 Å². The molecular weight excluding hydrogens is 678 g/mol. The van der Waals surface area contributed by atoms with Gasteiger partial charge in [0.1, 0.15) is 0 Å². The van der Waals surface area contributed by atoms with Crippen LogP contribution in [0.25, 0.3) is 21.5 Å². The molecule has 0 unspecified atom stereocenters. The van der Waals surface area contributed by atoms with E-state index in [-0.39, 0.29) is 26.1 Å². The molecule has 0 aliphatic heterocycles. The second-order valence-electron chi connectivity index (χ2n) is 10.5. The van der Waals surface area contributed by atoms with Gasteiger partial charge in [0.25, 0.3) is 20.0 Å². The first-order valence-electron chi connectivity index (χ1n) is 14.0. The molecule has 2 amide bonds. The number of carbonyl (C=O) groups is 2. The van der Waals surface area contributed by atoms with Gasteiger partial charge in [0.05, 0.1) is 32.3 Å². The van der Waals surface area contributed by atoms with Gasteiger partial charge in [0.2, 0.25) is 0 Å². The van der Waals surface area contributed by atoms with Crippen molar-refractivity contribution < 1.29 is 31.5 Å². The minimum Gasteiger partial charge on any atom is -0.478 e. The highest BCUT2D eigenvalue weighted by molar-refractivity contribution is 7.93. The molecule has 0 spiro atoms. The average Bonchev–Trinajstić information content (AvgIpc) is 3.05. The maximum absolute atomic E-state index is 13.1. The van der Waals surface area contributed by atoms with Gasteiger partial charge in [-0.05, 0) is 100 Å². The van der Waals surface area contributed by atoms with Crippen LogP contribution in [0.5, 0.6) is 0 Å². The van der Waals surface area contributed by atoms with Crippen LogP contribution >= 0.6 is 11.6 Å². The van der Waals surface area contributed by atoms with Crippen LogP contribution in [0, 0.1) is 0 Å². The Balaban J connectivity index is 1.17. The number of nitrogens with one attached hydrogen (secondary N) is 4. The molecule has 0 atom stereocenters. The van der Waals surface area contributed by atoms with Crippen LogP contribution < -0.4 is 20.1 Å². The lowest BCUT2D eigenvalue weighted by atomic mass is 10.1. The summed E-state index contributed by atoms with van der Waals surface area (Å²) in [5, 5.41) is 17.3. The van der Waals surface area contributed by atoms with Crippen molar-refractivity contribution >= 4 is 87.9 Å². The zero-order chi connectivity index (χ0) is 34.1. The summed E-state index contributed by atoms with van der Waals surface area (Å²) in [6, 6.07) is 25.5. The summed E-state index contributed by atoms with van der Waals surface area (Å²) in [7, 11) is -8.00. The SMILES string of the molecule is O=C(Nc1ccc2ccc(S(=O)(=O)Nc3cccnc3)cc2c1)Nc1ccc2ccc(S(=O)(=O)Nc3ccc(Cl)c(C(=O)O)c3)cc2c1. The van der Waals surface area contributed by atoms with Gasteiger partial charge in [-0.1, -0.05) is 35.9 Å². The highest BCUT2D eigenvalue weighted by Crippen LogP contribution is 2.27. The van der Waals surface area contributed by atoms with Gasteiger partial charge in [-0.15, -0.1) is 0 Å². The minimum atomic E-state index is -4.11. The first kappa shape index (κ1) is 32.2. The molecule has 0 radical (unpaired) electrons. The number of anilines is 4. The Morgan fingerprint density at radius 1 is 0.604 bits per heavy atom. The summed E-state index contributed by atoms with van der Waals surface area (Å²) in [5.41, 5.74) is 0.879. The monoisotopic (exact) mass is 701 g/mol. The molecule has 12 nitrogen and oxygen atoms in total. The topological polar surface area (TPSA) is 184 Å². The van der Waals surface area contributed by atoms with Crippen LogP contribution in [-0.4, -0.2) is 38.9 Å². The van der Waals surface area contributed by atoms with E-state index in [4.69, 9.17) is 11.6 Å². The number of pyridine rings is 1. The van der Waals surface area contributed by atoms with Gasteiger partial charge in [0, 0.05) is 23.3 Å². The summed E-state index contributed by atoms with van der Waals surface area (Å²) < 4.78 is 56.9. The molecule has 5 aromatic carbocycles. The Morgan fingerprint density at radius 3 is 1.65 bits per heavy atom. The highest BCUT2D eigenvalue weighted by atomic mass is 35.5. The van der Waals surface area contributed by atoms with Gasteiger partial charge >= 0.3 is 12.0 Å². The summed E-state index contributed by atoms with van der Waals surface area (Å²) in [6.07, 6.45) is 2.93. The van der Waals surface area contributed by atoms with Crippen LogP contribution in [0.1, 0.15) is 10.4 Å². The third-order valence-corrected chi connectivity index (χ3v) is 10.2. The van der Waals surface area contributed by atoms with Crippen LogP contribution in [0.15, 0.2) is 125 Å². The van der Waals surface area contributed by atoms with Crippen LogP contribution in [0.3, 0.4) is 0 Å². The van der Waals surface area contributed by atoms with E-state index < -0.39 is 32.0 Å². The molecule has 1 aromatic heterocycles. The van der Waals surface area contributed by atoms with Crippen molar-refractivity contribution in [2.24, 2.45) is 0 Å². The largest absolute Gasteiger partial charge is 0.478 e. The van der Waals surface area contributed by atoms with E-state index in [1.807, 2.05) is 0 Å². The number of sulfonamides is 2. The predicted octanol–water partition coefficient (Wildman–Crippen LogP) is 6.99. The number of nitrogens with zero attached hydrogens (tertiary/aromatic N) is 1. The van der Waals surface area contributed by atoms with E-state index >= 15 is 0 Å². The summed E-state index contributed by atoms with van der Waals surface area (Å²) in [4.78, 5) is 28.2. The molecule has 15 heteroatoms. The number of benzene rings is 5. The first-order chi connectivity index (χ1) is 22.9. The molecule has 0 aliphatic carbocycles. The van der Waals surface area contributed by atoms with Crippen LogP contribution in [0.4, 0.5) is 27.5 Å². The lowest BCUT2D eigenvalue weighted by molar-refractivity contribution is 0.0697. The molecule has 1 heterocycles. The number of aromatic carboxylic acids is 1. The summed E-state index contributed by atoms with van der Waals surface area (Å²) in [6.45, 7) is 0. The summed E-state index contributed by atoms with van der Waals surface area (Å²) in [5.74, 6) is -1.30. The number of hydrogen-bond donors (Lipinski definition) is 5. The van der Waals surface area contributed by atoms with Crippen molar-refractivity contribution in [1.29, 1.82) is 0 Å². The molecular formula is C33H24ClN5O7S2. The number of aromatic nitrogens is 1. The van der Waals surface area contributed by atoms with Crippen molar-refractivity contribution in [2.45, 2.75) is 9.79 Å². The van der Waals surface area contributed by atoms with Gasteiger partial charge < -0.3 is 15.7 Å². The minimum absolute atomic E-state index is 0.0249. The number of amides is 2. The maximum atomic E-state index is 13.1. The quantitative estimate of drug-likeness (QED) is 0.107. The molecule has 0 bridgehead atoms. The second kappa shape index (κ2) is 12.8. The van der Waals surface area contributed by atoms with Gasteiger partial charge in [-0.2, -0.15) is 0 Å². The number of hydrogen-bond acceptors (Lipinski definition) is 7. The van der Waals surface area contributed by atoms with E-state index in [2.05, 4.69) is 25.1 Å². The van der Waals surface area contributed by atoms with Crippen molar-refractivity contribution in [2.75, 3.05) is 20.1 Å². The van der Waals surface area contributed by atoms with Crippen LogP contribution in [-0.2, 0) is 20.0 Å². The second-order valence-corrected chi connectivity index (χ2v) is 14.3. The highest BCUT2D eigenvalue weighted by Gasteiger charge is 2.18. The van der Waals surface area contributed by atoms with Crippen molar-refractivity contribution in [3.05, 3.63) is 126 Å². The third kappa shape index (κ3) is 7.15. The number of fused-ring (bicyclic) bond motifs is 2. The number of carboxylic acids is 1. The molecule has 6 aromatic rings. The number of carbonyl (C=O) groups excluding carboxylic acids is 1. The van der Waals surface area contributed by atoms with Crippen molar-refractivity contribution in [1.82, 2.24) is 4.98 Å². The molecule has 0 saturated carbocycles. The Kier molecular flexibility index (Phi) is 8.62. The van der Waals surface area contributed by atoms with E-state index in [0.29, 0.717) is 33.2 Å². The fraction of sp³-hybridized carbons (Fsp3) is 0. The molecule has 5 N–H and O–H groups in total. The van der Waals surface area contributed by atoms with E-state index in [1.165, 1.54) is 48.8 Å². The number of urea groups is 1. The normalized spacial score (nSPS) is 11.6. The number of halogens is 1. The third-order valence-electron chi connectivity index (χ3n) is 7.12. The Labute approximate surface area is 279 Å². The smallest absolute Gasteiger partial charge is 0.337 e. The molecule has 0 fully saturated rings. The lowest BCUT2D eigenvalue weighted by Gasteiger charge is -2.12. The molecule has 0 aliphatic rings. The summed E-state index contributed by atoms with van der Waals surface area (Å²) >= 11 is 5.89. The molecule has 242 valence electrons. The van der Waals surface area contributed by atoms with Crippen LogP contribution in [0.2, 0.25) is 5.02 Å². The predicted molar refractivity (Wildman–Crippen MR) is 185 cm³/mol.